The number of fused-ring (bicyclic) bond motifs is 1. The average Bonchev–Trinajstić information content (AvgIpc) is 2.93. The van der Waals surface area contributed by atoms with Crippen LogP contribution in [0.25, 0.3) is 0 Å². The van der Waals surface area contributed by atoms with E-state index in [0.29, 0.717) is 49.6 Å². The van der Waals surface area contributed by atoms with Gasteiger partial charge in [0.05, 0.1) is 18.4 Å². The number of cyclic esters (lactones) is 1. The smallest absolute Gasteiger partial charge is 0.414 e. The molecular formula is C29H30N2O5. The number of hydrogen-bond acceptors (Lipinski definition) is 5. The predicted molar refractivity (Wildman–Crippen MR) is 137 cm³/mol. The maximum Gasteiger partial charge on any atom is 0.414 e. The van der Waals surface area contributed by atoms with Crippen molar-refractivity contribution in [1.29, 1.82) is 0 Å². The molecule has 0 spiro atoms. The van der Waals surface area contributed by atoms with Crippen LogP contribution in [-0.2, 0) is 11.3 Å². The molecule has 0 bridgehead atoms. The van der Waals surface area contributed by atoms with Gasteiger partial charge in [-0.2, -0.15) is 0 Å². The van der Waals surface area contributed by atoms with E-state index >= 15 is 0 Å². The lowest BCUT2D eigenvalue weighted by molar-refractivity contribution is 0.0705. The third-order valence-corrected chi connectivity index (χ3v) is 6.90. The van der Waals surface area contributed by atoms with Crippen LogP contribution in [0.3, 0.4) is 0 Å². The second kappa shape index (κ2) is 10.3. The summed E-state index contributed by atoms with van der Waals surface area (Å²) in [5.74, 6) is 1.03. The van der Waals surface area contributed by atoms with Gasteiger partial charge in [-0.05, 0) is 43.5 Å². The van der Waals surface area contributed by atoms with Crippen molar-refractivity contribution < 1.29 is 23.8 Å². The number of carbonyl (C=O) groups is 2. The summed E-state index contributed by atoms with van der Waals surface area (Å²) in [7, 11) is 1.56. The number of carbonyl (C=O) groups excluding carboxylic acids is 2. The SMILES string of the molecule is COc1cc(OC(C)c2ccccc2)ccc1C(=O)N1CCC(N2C(=O)OCc3ccccc32)CC1. The number of nitrogens with zero attached hydrogens (tertiary/aromatic N) is 2. The quantitative estimate of drug-likeness (QED) is 0.454. The number of ether oxygens (including phenoxy) is 3. The fourth-order valence-electron chi connectivity index (χ4n) is 4.94. The molecule has 3 aromatic carbocycles. The zero-order chi connectivity index (χ0) is 25.1. The first kappa shape index (κ1) is 23.7. The van der Waals surface area contributed by atoms with Crippen molar-refractivity contribution >= 4 is 17.7 Å². The minimum absolute atomic E-state index is 0.0138. The Bertz CT molecular complexity index is 1240. The Morgan fingerprint density at radius 2 is 1.72 bits per heavy atom. The molecule has 1 saturated heterocycles. The van der Waals surface area contributed by atoms with E-state index in [9.17, 15) is 9.59 Å². The zero-order valence-corrected chi connectivity index (χ0v) is 20.6. The summed E-state index contributed by atoms with van der Waals surface area (Å²) in [5.41, 5.74) is 3.47. The third kappa shape index (κ3) is 4.73. The minimum Gasteiger partial charge on any atom is -0.496 e. The number of methoxy groups -OCH3 is 1. The number of para-hydroxylation sites is 1. The van der Waals surface area contributed by atoms with E-state index in [0.717, 1.165) is 16.8 Å². The molecule has 2 amide bonds. The molecule has 2 aliphatic heterocycles. The average molecular weight is 487 g/mol. The molecule has 2 heterocycles. The molecule has 2 aliphatic rings. The highest BCUT2D eigenvalue weighted by Gasteiger charge is 2.35. The maximum atomic E-state index is 13.4. The van der Waals surface area contributed by atoms with Crippen LogP contribution in [-0.4, -0.2) is 43.1 Å². The number of benzene rings is 3. The minimum atomic E-state index is -0.319. The summed E-state index contributed by atoms with van der Waals surface area (Å²) in [5, 5.41) is 0. The van der Waals surface area contributed by atoms with Crippen LogP contribution in [0.2, 0.25) is 0 Å². The Balaban J connectivity index is 1.26. The van der Waals surface area contributed by atoms with Gasteiger partial charge in [0.25, 0.3) is 5.91 Å². The highest BCUT2D eigenvalue weighted by atomic mass is 16.6. The molecule has 0 aromatic heterocycles. The zero-order valence-electron chi connectivity index (χ0n) is 20.6. The Kier molecular flexibility index (Phi) is 6.80. The van der Waals surface area contributed by atoms with Crippen molar-refractivity contribution in [3.63, 3.8) is 0 Å². The fourth-order valence-corrected chi connectivity index (χ4v) is 4.94. The third-order valence-electron chi connectivity index (χ3n) is 6.90. The van der Waals surface area contributed by atoms with E-state index in [-0.39, 0.29) is 24.1 Å². The highest BCUT2D eigenvalue weighted by Crippen LogP contribution is 2.33. The van der Waals surface area contributed by atoms with Gasteiger partial charge >= 0.3 is 6.09 Å². The fraction of sp³-hybridized carbons (Fsp3) is 0.310. The number of anilines is 1. The standard InChI is InChI=1S/C29H30N2O5/c1-20(21-8-4-3-5-9-21)36-24-12-13-25(27(18-24)34-2)28(32)30-16-14-23(15-17-30)31-26-11-7-6-10-22(26)19-35-29(31)33/h3-13,18,20,23H,14-17,19H2,1-2H3. The second-order valence-corrected chi connectivity index (χ2v) is 9.11. The van der Waals surface area contributed by atoms with Crippen LogP contribution in [0.1, 0.15) is 47.4 Å². The van der Waals surface area contributed by atoms with Crippen LogP contribution in [0.5, 0.6) is 11.5 Å². The molecule has 0 aliphatic carbocycles. The van der Waals surface area contributed by atoms with Crippen molar-refractivity contribution in [2.45, 2.75) is 38.5 Å². The van der Waals surface area contributed by atoms with E-state index in [1.807, 2.05) is 72.5 Å². The normalized spacial score (nSPS) is 16.7. The Labute approximate surface area is 211 Å². The van der Waals surface area contributed by atoms with Gasteiger partial charge in [0, 0.05) is 30.8 Å². The molecular weight excluding hydrogens is 456 g/mol. The van der Waals surface area contributed by atoms with Crippen LogP contribution < -0.4 is 14.4 Å². The molecule has 1 fully saturated rings. The van der Waals surface area contributed by atoms with Gasteiger partial charge in [-0.25, -0.2) is 4.79 Å². The molecule has 0 N–H and O–H groups in total. The van der Waals surface area contributed by atoms with Crippen LogP contribution in [0.15, 0.2) is 72.8 Å². The molecule has 7 nitrogen and oxygen atoms in total. The van der Waals surface area contributed by atoms with Gasteiger partial charge in [-0.3, -0.25) is 9.69 Å². The number of hydrogen-bond donors (Lipinski definition) is 0. The molecule has 3 aromatic rings. The first-order valence-electron chi connectivity index (χ1n) is 12.3. The van der Waals surface area contributed by atoms with E-state index in [2.05, 4.69) is 0 Å². The van der Waals surface area contributed by atoms with Gasteiger partial charge in [0.15, 0.2) is 0 Å². The predicted octanol–water partition coefficient (Wildman–Crippen LogP) is 5.60. The van der Waals surface area contributed by atoms with Crippen LogP contribution >= 0.6 is 0 Å². The van der Waals surface area contributed by atoms with Crippen molar-refractivity contribution in [3.05, 3.63) is 89.5 Å². The Hall–Kier alpha value is -4.00. The molecule has 36 heavy (non-hydrogen) atoms. The van der Waals surface area contributed by atoms with Crippen molar-refractivity contribution in [2.24, 2.45) is 0 Å². The van der Waals surface area contributed by atoms with Crippen molar-refractivity contribution in [2.75, 3.05) is 25.1 Å². The second-order valence-electron chi connectivity index (χ2n) is 9.11. The summed E-state index contributed by atoms with van der Waals surface area (Å²) in [4.78, 5) is 29.5. The number of piperidine rings is 1. The van der Waals surface area contributed by atoms with Gasteiger partial charge < -0.3 is 19.1 Å². The summed E-state index contributed by atoms with van der Waals surface area (Å²) in [6.07, 6.45) is 0.893. The van der Waals surface area contributed by atoms with Gasteiger partial charge in [0.2, 0.25) is 0 Å². The van der Waals surface area contributed by atoms with E-state index in [1.54, 1.807) is 24.1 Å². The molecule has 7 heteroatoms. The maximum absolute atomic E-state index is 13.4. The summed E-state index contributed by atoms with van der Waals surface area (Å²) >= 11 is 0. The van der Waals surface area contributed by atoms with E-state index in [1.165, 1.54) is 0 Å². The lowest BCUT2D eigenvalue weighted by Crippen LogP contribution is -2.50. The summed E-state index contributed by atoms with van der Waals surface area (Å²) in [6.45, 7) is 3.37. The van der Waals surface area contributed by atoms with Gasteiger partial charge in [-0.15, -0.1) is 0 Å². The molecule has 5 rings (SSSR count). The molecule has 0 radical (unpaired) electrons. The summed E-state index contributed by atoms with van der Waals surface area (Å²) < 4.78 is 17.0. The van der Waals surface area contributed by atoms with Crippen LogP contribution in [0, 0.1) is 0 Å². The lowest BCUT2D eigenvalue weighted by Gasteiger charge is -2.40. The number of rotatable bonds is 6. The number of likely N-dealkylation sites (tertiary alicyclic amines) is 1. The first-order valence-corrected chi connectivity index (χ1v) is 12.3. The summed E-state index contributed by atoms with van der Waals surface area (Å²) in [6, 6.07) is 23.1. The monoisotopic (exact) mass is 486 g/mol. The molecule has 1 atom stereocenters. The molecule has 0 saturated carbocycles. The van der Waals surface area contributed by atoms with Crippen LogP contribution in [0.4, 0.5) is 10.5 Å². The highest BCUT2D eigenvalue weighted by molar-refractivity contribution is 5.97. The molecule has 186 valence electrons. The Morgan fingerprint density at radius 3 is 2.47 bits per heavy atom. The number of amides is 2. The topological polar surface area (TPSA) is 68.3 Å². The van der Waals surface area contributed by atoms with Gasteiger partial charge in [-0.1, -0.05) is 48.5 Å². The largest absolute Gasteiger partial charge is 0.496 e. The van der Waals surface area contributed by atoms with E-state index in [4.69, 9.17) is 14.2 Å². The molecule has 1 unspecified atom stereocenters. The first-order chi connectivity index (χ1) is 17.5. The van der Waals surface area contributed by atoms with E-state index < -0.39 is 0 Å². The van der Waals surface area contributed by atoms with Gasteiger partial charge in [0.1, 0.15) is 24.2 Å². The van der Waals surface area contributed by atoms with Crippen molar-refractivity contribution in [3.8, 4) is 11.5 Å². The Morgan fingerprint density at radius 1 is 1.00 bits per heavy atom. The lowest BCUT2D eigenvalue weighted by atomic mass is 10.00. The van der Waals surface area contributed by atoms with Crippen molar-refractivity contribution in [1.82, 2.24) is 4.90 Å².